The molecule has 0 saturated heterocycles. The lowest BCUT2D eigenvalue weighted by molar-refractivity contribution is 0.0690. The van der Waals surface area contributed by atoms with E-state index in [-0.39, 0.29) is 5.69 Å². The molecule has 2 aromatic rings. The minimum Gasteiger partial charge on any atom is -0.477 e. The Hall–Kier alpha value is -1.82. The molecule has 0 amide bonds. The van der Waals surface area contributed by atoms with Crippen LogP contribution in [0.3, 0.4) is 0 Å². The van der Waals surface area contributed by atoms with Crippen LogP contribution in [0.4, 0.5) is 0 Å². The Kier molecular flexibility index (Phi) is 5.38. The van der Waals surface area contributed by atoms with Gasteiger partial charge in [0.25, 0.3) is 0 Å². The lowest BCUT2D eigenvalue weighted by atomic mass is 10.2. The first kappa shape index (κ1) is 15.6. The number of aromatic nitrogens is 3. The number of pyridine rings is 1. The van der Waals surface area contributed by atoms with Crippen molar-refractivity contribution >= 4 is 17.7 Å². The number of aromatic carboxylic acids is 1. The first-order chi connectivity index (χ1) is 10.1. The van der Waals surface area contributed by atoms with Gasteiger partial charge in [-0.15, -0.1) is 11.8 Å². The predicted octanol–water partition coefficient (Wildman–Crippen LogP) is 3.63. The number of carboxylic acids is 1. The number of rotatable bonds is 7. The molecule has 0 aliphatic heterocycles. The summed E-state index contributed by atoms with van der Waals surface area (Å²) >= 11 is 1.57. The maximum Gasteiger partial charge on any atom is 0.354 e. The van der Waals surface area contributed by atoms with Gasteiger partial charge < -0.3 is 5.11 Å². The highest BCUT2D eigenvalue weighted by atomic mass is 32.2. The van der Waals surface area contributed by atoms with Gasteiger partial charge in [0.15, 0.2) is 0 Å². The standard InChI is InChI=1S/C15H19N3O2S/c1-3-12(4-2)18-8-6-11(17-18)10-21-13-5-7-16-14(9-13)15(19)20/h5-9,12H,3-4,10H2,1-2H3,(H,19,20). The van der Waals surface area contributed by atoms with E-state index < -0.39 is 5.97 Å². The van der Waals surface area contributed by atoms with E-state index in [0.29, 0.717) is 6.04 Å². The van der Waals surface area contributed by atoms with Gasteiger partial charge in [-0.05, 0) is 31.0 Å². The van der Waals surface area contributed by atoms with Crippen LogP contribution in [0.25, 0.3) is 0 Å². The fourth-order valence-electron chi connectivity index (χ4n) is 2.10. The Labute approximate surface area is 128 Å². The summed E-state index contributed by atoms with van der Waals surface area (Å²) < 4.78 is 2.02. The van der Waals surface area contributed by atoms with Gasteiger partial charge in [-0.1, -0.05) is 13.8 Å². The van der Waals surface area contributed by atoms with Crippen molar-refractivity contribution in [3.05, 3.63) is 42.0 Å². The van der Waals surface area contributed by atoms with Crippen LogP contribution in [-0.4, -0.2) is 25.8 Å². The van der Waals surface area contributed by atoms with Crippen molar-refractivity contribution < 1.29 is 9.90 Å². The number of carboxylic acid groups (broad SMARTS) is 1. The molecule has 6 heteroatoms. The Morgan fingerprint density at radius 2 is 2.14 bits per heavy atom. The van der Waals surface area contributed by atoms with E-state index in [9.17, 15) is 4.79 Å². The fraction of sp³-hybridized carbons (Fsp3) is 0.400. The van der Waals surface area contributed by atoms with Gasteiger partial charge in [0, 0.05) is 23.0 Å². The molecule has 21 heavy (non-hydrogen) atoms. The van der Waals surface area contributed by atoms with Crippen LogP contribution in [0.5, 0.6) is 0 Å². The molecule has 1 N–H and O–H groups in total. The molecular weight excluding hydrogens is 286 g/mol. The van der Waals surface area contributed by atoms with Crippen LogP contribution < -0.4 is 0 Å². The molecule has 0 spiro atoms. The minimum absolute atomic E-state index is 0.0718. The van der Waals surface area contributed by atoms with Gasteiger partial charge in [-0.3, -0.25) is 4.68 Å². The Bertz CT molecular complexity index is 608. The molecule has 2 rings (SSSR count). The molecule has 0 unspecified atom stereocenters. The van der Waals surface area contributed by atoms with E-state index in [4.69, 9.17) is 5.11 Å². The molecule has 2 aromatic heterocycles. The zero-order chi connectivity index (χ0) is 15.2. The molecule has 0 aliphatic rings. The molecule has 5 nitrogen and oxygen atoms in total. The van der Waals surface area contributed by atoms with E-state index in [1.807, 2.05) is 23.0 Å². The van der Waals surface area contributed by atoms with E-state index in [1.54, 1.807) is 17.8 Å². The van der Waals surface area contributed by atoms with Gasteiger partial charge in [-0.25, -0.2) is 9.78 Å². The molecule has 0 bridgehead atoms. The first-order valence-electron chi connectivity index (χ1n) is 7.00. The monoisotopic (exact) mass is 305 g/mol. The van der Waals surface area contributed by atoms with E-state index in [2.05, 4.69) is 23.9 Å². The highest BCUT2D eigenvalue weighted by Gasteiger charge is 2.09. The third-order valence-electron chi connectivity index (χ3n) is 3.32. The van der Waals surface area contributed by atoms with Crippen molar-refractivity contribution in [2.75, 3.05) is 0 Å². The summed E-state index contributed by atoms with van der Waals surface area (Å²) in [6.45, 7) is 4.32. The number of thioether (sulfide) groups is 1. The summed E-state index contributed by atoms with van der Waals surface area (Å²) in [6.07, 6.45) is 5.67. The van der Waals surface area contributed by atoms with Crippen molar-refractivity contribution in [2.24, 2.45) is 0 Å². The molecule has 0 fully saturated rings. The van der Waals surface area contributed by atoms with E-state index in [1.165, 1.54) is 6.20 Å². The highest BCUT2D eigenvalue weighted by Crippen LogP contribution is 2.23. The number of carbonyl (C=O) groups is 1. The summed E-state index contributed by atoms with van der Waals surface area (Å²) in [6, 6.07) is 5.87. The summed E-state index contributed by atoms with van der Waals surface area (Å²) in [4.78, 5) is 15.6. The van der Waals surface area contributed by atoms with Crippen molar-refractivity contribution in [3.63, 3.8) is 0 Å². The lowest BCUT2D eigenvalue weighted by Crippen LogP contribution is -2.07. The van der Waals surface area contributed by atoms with Gasteiger partial charge in [0.1, 0.15) is 5.69 Å². The first-order valence-corrected chi connectivity index (χ1v) is 7.98. The van der Waals surface area contributed by atoms with Gasteiger partial charge in [0.05, 0.1) is 11.7 Å². The second kappa shape index (κ2) is 7.26. The van der Waals surface area contributed by atoms with Crippen molar-refractivity contribution in [1.29, 1.82) is 0 Å². The van der Waals surface area contributed by atoms with Crippen LogP contribution in [0.15, 0.2) is 35.5 Å². The highest BCUT2D eigenvalue weighted by molar-refractivity contribution is 7.98. The molecule has 2 heterocycles. The zero-order valence-electron chi connectivity index (χ0n) is 12.2. The van der Waals surface area contributed by atoms with Gasteiger partial charge in [0.2, 0.25) is 0 Å². The maximum atomic E-state index is 10.9. The van der Waals surface area contributed by atoms with Crippen molar-refractivity contribution in [2.45, 2.75) is 43.4 Å². The van der Waals surface area contributed by atoms with Crippen LogP contribution in [0.1, 0.15) is 48.9 Å². The second-order valence-electron chi connectivity index (χ2n) is 4.73. The largest absolute Gasteiger partial charge is 0.477 e. The number of hydrogen-bond acceptors (Lipinski definition) is 4. The third kappa shape index (κ3) is 4.07. The van der Waals surface area contributed by atoms with Crippen LogP contribution in [0.2, 0.25) is 0 Å². The Morgan fingerprint density at radius 1 is 1.38 bits per heavy atom. The van der Waals surface area contributed by atoms with Crippen LogP contribution in [0, 0.1) is 0 Å². The molecule has 0 saturated carbocycles. The summed E-state index contributed by atoms with van der Waals surface area (Å²) in [5.74, 6) is -0.286. The van der Waals surface area contributed by atoms with Crippen molar-refractivity contribution in [3.8, 4) is 0 Å². The van der Waals surface area contributed by atoms with Crippen molar-refractivity contribution in [1.82, 2.24) is 14.8 Å². The van der Waals surface area contributed by atoms with Gasteiger partial charge in [-0.2, -0.15) is 5.10 Å². The minimum atomic E-state index is -1.00. The average molecular weight is 305 g/mol. The number of nitrogens with zero attached hydrogens (tertiary/aromatic N) is 3. The lowest BCUT2D eigenvalue weighted by Gasteiger charge is -2.12. The normalized spacial score (nSPS) is 11.0. The second-order valence-corrected chi connectivity index (χ2v) is 5.78. The molecule has 0 aromatic carbocycles. The van der Waals surface area contributed by atoms with Crippen LogP contribution in [-0.2, 0) is 5.75 Å². The SMILES string of the molecule is CCC(CC)n1ccc(CSc2ccnc(C(=O)O)c2)n1. The smallest absolute Gasteiger partial charge is 0.354 e. The molecule has 0 atom stereocenters. The summed E-state index contributed by atoms with van der Waals surface area (Å²) in [5, 5.41) is 13.5. The summed E-state index contributed by atoms with van der Waals surface area (Å²) in [5.41, 5.74) is 1.07. The third-order valence-corrected chi connectivity index (χ3v) is 4.34. The number of hydrogen-bond donors (Lipinski definition) is 1. The maximum absolute atomic E-state index is 10.9. The quantitative estimate of drug-likeness (QED) is 0.791. The van der Waals surface area contributed by atoms with Crippen LogP contribution >= 0.6 is 11.8 Å². The molecule has 112 valence electrons. The summed E-state index contributed by atoms with van der Waals surface area (Å²) in [7, 11) is 0. The van der Waals surface area contributed by atoms with Gasteiger partial charge >= 0.3 is 5.97 Å². The predicted molar refractivity (Wildman–Crippen MR) is 82.6 cm³/mol. The topological polar surface area (TPSA) is 68.0 Å². The average Bonchev–Trinajstić information content (AvgIpc) is 2.95. The molecule has 0 radical (unpaired) electrons. The molecular formula is C15H19N3O2S. The van der Waals surface area contributed by atoms with E-state index in [0.717, 1.165) is 29.2 Å². The Morgan fingerprint density at radius 3 is 2.81 bits per heavy atom. The fourth-order valence-corrected chi connectivity index (χ4v) is 2.92. The van der Waals surface area contributed by atoms with E-state index >= 15 is 0 Å². The molecule has 0 aliphatic carbocycles. The zero-order valence-corrected chi connectivity index (χ0v) is 13.0. The Balaban J connectivity index is 2.00.